The first-order valence-corrected chi connectivity index (χ1v) is 4.92. The second-order valence-corrected chi connectivity index (χ2v) is 3.86. The van der Waals surface area contributed by atoms with Gasteiger partial charge in [0.2, 0.25) is 0 Å². The third-order valence-corrected chi connectivity index (χ3v) is 2.80. The van der Waals surface area contributed by atoms with Gasteiger partial charge in [-0.3, -0.25) is 4.79 Å². The number of carbonyl (C=O) groups excluding carboxylic acids is 1. The molecule has 0 aromatic heterocycles. The highest BCUT2D eigenvalue weighted by Gasteiger charge is 2.36. The van der Waals surface area contributed by atoms with Crippen LogP contribution in [0.1, 0.15) is 22.5 Å². The second-order valence-electron chi connectivity index (χ2n) is 3.46. The van der Waals surface area contributed by atoms with Crippen molar-refractivity contribution in [1.82, 2.24) is 0 Å². The molecule has 3 heteroatoms. The predicted molar refractivity (Wildman–Crippen MR) is 60.7 cm³/mol. The maximum Gasteiger partial charge on any atom is 0.179 e. The zero-order valence-corrected chi connectivity index (χ0v) is 8.71. The van der Waals surface area contributed by atoms with Gasteiger partial charge in [-0.15, -0.1) is 0 Å². The highest BCUT2D eigenvalue weighted by atomic mass is 35.5. The van der Waals surface area contributed by atoms with Crippen molar-refractivity contribution in [2.75, 3.05) is 0 Å². The Morgan fingerprint density at radius 3 is 3.00 bits per heavy atom. The van der Waals surface area contributed by atoms with Gasteiger partial charge in [0.25, 0.3) is 0 Å². The van der Waals surface area contributed by atoms with Gasteiger partial charge in [0.1, 0.15) is 5.54 Å². The molecule has 0 spiro atoms. The van der Waals surface area contributed by atoms with Crippen LogP contribution in [-0.2, 0) is 10.3 Å². The fraction of sp³-hybridized carbons (Fsp3) is 0.250. The lowest BCUT2D eigenvalue weighted by Crippen LogP contribution is -2.45. The number of benzene rings is 1. The van der Waals surface area contributed by atoms with Gasteiger partial charge >= 0.3 is 0 Å². The van der Waals surface area contributed by atoms with E-state index < -0.39 is 17.7 Å². The number of rotatable bonds is 1. The van der Waals surface area contributed by atoms with E-state index in [1.54, 1.807) is 24.3 Å². The Balaban J connectivity index is 2.57. The average Bonchev–Trinajstić information content (AvgIpc) is 2.27. The number of ketones is 1. The Morgan fingerprint density at radius 2 is 2.27 bits per heavy atom. The predicted octanol–water partition coefficient (Wildman–Crippen LogP) is 2.41. The van der Waals surface area contributed by atoms with Crippen LogP contribution in [0.25, 0.3) is 0 Å². The van der Waals surface area contributed by atoms with E-state index in [4.69, 9.17) is 21.4 Å². The molecule has 0 amide bonds. The molecule has 0 heterocycles. The van der Waals surface area contributed by atoms with E-state index in [1.807, 2.05) is 0 Å². The van der Waals surface area contributed by atoms with Crippen LogP contribution in [0, 0.1) is 0 Å². The van der Waals surface area contributed by atoms with Crippen LogP contribution in [0.4, 0.5) is 0 Å². The maximum absolute atomic E-state index is 12.0. The second kappa shape index (κ2) is 3.80. The van der Waals surface area contributed by atoms with E-state index in [1.165, 1.54) is 0 Å². The molecular weight excluding hydrogens is 210 g/mol. The minimum atomic E-state index is -1.93. The lowest BCUT2D eigenvalue weighted by molar-refractivity contribution is -0.120. The Labute approximate surface area is 97.9 Å². The first kappa shape index (κ1) is 7.20. The number of hydrogen-bond acceptors (Lipinski definition) is 2. The van der Waals surface area contributed by atoms with Crippen molar-refractivity contribution >= 4 is 17.4 Å². The molecule has 1 unspecified atom stereocenters. The van der Waals surface area contributed by atoms with Crippen molar-refractivity contribution in [3.8, 4) is 0 Å². The monoisotopic (exact) mass is 224 g/mol. The summed E-state index contributed by atoms with van der Waals surface area (Å²) in [5.41, 5.74) is 4.95. The molecule has 1 aliphatic rings. The zero-order chi connectivity index (χ0) is 13.6. The zero-order valence-electron chi connectivity index (χ0n) is 11.0. The van der Waals surface area contributed by atoms with Crippen LogP contribution in [0.5, 0.6) is 0 Å². The van der Waals surface area contributed by atoms with Crippen molar-refractivity contribution in [3.63, 3.8) is 0 Å². The number of halogens is 1. The molecule has 0 fully saturated rings. The van der Waals surface area contributed by atoms with Gasteiger partial charge in [-0.1, -0.05) is 35.9 Å². The average molecular weight is 225 g/mol. The molecule has 0 aliphatic heterocycles. The molecule has 1 aromatic carbocycles. The third kappa shape index (κ3) is 1.71. The summed E-state index contributed by atoms with van der Waals surface area (Å²) in [7, 11) is 0. The summed E-state index contributed by atoms with van der Waals surface area (Å²) >= 11 is 6.02. The SMILES string of the molecule is [2H]C1=CC(=O)C(N)(c2ccccc2Cl)CC1([2H])[2H]. The van der Waals surface area contributed by atoms with Gasteiger partial charge < -0.3 is 5.73 Å². The molecule has 2 N–H and O–H groups in total. The number of carbonyl (C=O) groups is 1. The summed E-state index contributed by atoms with van der Waals surface area (Å²) in [4.78, 5) is 12.0. The minimum absolute atomic E-state index is 0.280. The van der Waals surface area contributed by atoms with Crippen LogP contribution >= 0.6 is 11.6 Å². The third-order valence-electron chi connectivity index (χ3n) is 2.47. The van der Waals surface area contributed by atoms with Crippen LogP contribution in [0.3, 0.4) is 0 Å². The highest BCUT2D eigenvalue weighted by Crippen LogP contribution is 2.33. The van der Waals surface area contributed by atoms with E-state index >= 15 is 0 Å². The summed E-state index contributed by atoms with van der Waals surface area (Å²) in [6, 6.07) is 6.27. The highest BCUT2D eigenvalue weighted by molar-refractivity contribution is 6.31. The summed E-state index contributed by atoms with van der Waals surface area (Å²) in [5, 5.41) is 0.325. The summed E-state index contributed by atoms with van der Waals surface area (Å²) in [5.74, 6) is -0.490. The Hall–Kier alpha value is -1.12. The lowest BCUT2D eigenvalue weighted by Gasteiger charge is -2.30. The fourth-order valence-corrected chi connectivity index (χ4v) is 1.88. The minimum Gasteiger partial charge on any atom is -0.315 e. The van der Waals surface area contributed by atoms with Crippen LogP contribution in [0.15, 0.2) is 36.4 Å². The van der Waals surface area contributed by atoms with Crippen molar-refractivity contribution in [2.45, 2.75) is 18.3 Å². The van der Waals surface area contributed by atoms with Gasteiger partial charge in [-0.2, -0.15) is 0 Å². The topological polar surface area (TPSA) is 43.1 Å². The fourth-order valence-electron chi connectivity index (χ4n) is 1.57. The van der Waals surface area contributed by atoms with Crippen molar-refractivity contribution in [1.29, 1.82) is 0 Å². The summed E-state index contributed by atoms with van der Waals surface area (Å²) < 4.78 is 22.9. The number of allylic oxidation sites excluding steroid dienone is 1. The van der Waals surface area contributed by atoms with E-state index in [2.05, 4.69) is 0 Å². The lowest BCUT2D eigenvalue weighted by atomic mass is 9.79. The maximum atomic E-state index is 12.0. The molecule has 2 nitrogen and oxygen atoms in total. The molecule has 0 saturated carbocycles. The molecule has 1 atom stereocenters. The van der Waals surface area contributed by atoms with Gasteiger partial charge in [0.15, 0.2) is 5.78 Å². The van der Waals surface area contributed by atoms with Gasteiger partial charge in [0, 0.05) is 7.76 Å². The van der Waals surface area contributed by atoms with Crippen molar-refractivity contribution < 1.29 is 8.91 Å². The van der Waals surface area contributed by atoms with Gasteiger partial charge in [-0.25, -0.2) is 0 Å². The van der Waals surface area contributed by atoms with E-state index in [0.29, 0.717) is 10.6 Å². The molecular formula is C12H12ClNO. The van der Waals surface area contributed by atoms with Gasteiger partial charge in [-0.05, 0) is 30.5 Å². The number of hydrogen-bond donors (Lipinski definition) is 1. The molecule has 0 saturated heterocycles. The Kier molecular flexibility index (Phi) is 1.82. The van der Waals surface area contributed by atoms with Crippen LogP contribution in [0.2, 0.25) is 5.02 Å². The molecule has 0 radical (unpaired) electrons. The van der Waals surface area contributed by atoms with Crippen LogP contribution in [-0.4, -0.2) is 5.78 Å². The van der Waals surface area contributed by atoms with E-state index in [-0.39, 0.29) is 12.5 Å². The molecule has 1 aliphatic carbocycles. The number of nitrogens with two attached hydrogens (primary N) is 1. The van der Waals surface area contributed by atoms with Crippen molar-refractivity contribution in [2.24, 2.45) is 5.73 Å². The quantitative estimate of drug-likeness (QED) is 0.796. The Morgan fingerprint density at radius 1 is 1.53 bits per heavy atom. The molecule has 2 rings (SSSR count). The Bertz CT molecular complexity index is 544. The normalized spacial score (nSPS) is 32.5. The van der Waals surface area contributed by atoms with Crippen molar-refractivity contribution in [3.05, 3.63) is 47.0 Å². The van der Waals surface area contributed by atoms with Crippen LogP contribution < -0.4 is 5.73 Å². The first-order chi connectivity index (χ1) is 8.27. The standard InChI is InChI=1S/C12H12ClNO/c13-10-6-2-1-5-9(10)12(14)8-4-3-7-11(12)15/h1-3,5-7H,4,8,14H2/i3D,4D2. The first-order valence-electron chi connectivity index (χ1n) is 6.04. The molecule has 0 bridgehead atoms. The largest absolute Gasteiger partial charge is 0.315 e. The summed E-state index contributed by atoms with van der Waals surface area (Å²) in [6.07, 6.45) is -1.26. The molecule has 15 heavy (non-hydrogen) atoms. The molecule has 1 aromatic rings. The van der Waals surface area contributed by atoms with Gasteiger partial charge in [0.05, 0.1) is 1.37 Å². The van der Waals surface area contributed by atoms with E-state index in [0.717, 1.165) is 6.08 Å². The smallest absolute Gasteiger partial charge is 0.179 e. The molecule has 78 valence electrons. The van der Waals surface area contributed by atoms with E-state index in [9.17, 15) is 4.79 Å². The summed E-state index contributed by atoms with van der Waals surface area (Å²) in [6.45, 7) is 0.